The Bertz CT molecular complexity index is 350. The van der Waals surface area contributed by atoms with Gasteiger partial charge in [0.25, 0.3) is 0 Å². The van der Waals surface area contributed by atoms with E-state index in [0.717, 1.165) is 39.1 Å². The molecule has 17 heavy (non-hydrogen) atoms. The average molecular weight is 233 g/mol. The number of ether oxygens (including phenoxy) is 2. The third kappa shape index (κ3) is 2.37. The SMILES string of the molecule is c1ccc(C2COC3(CCNCC3)OC2)cc1. The third-order valence-corrected chi connectivity index (χ3v) is 3.73. The van der Waals surface area contributed by atoms with Crippen LogP contribution in [0.3, 0.4) is 0 Å². The highest BCUT2D eigenvalue weighted by atomic mass is 16.7. The minimum atomic E-state index is -0.295. The van der Waals surface area contributed by atoms with Crippen LogP contribution in [0.2, 0.25) is 0 Å². The molecule has 0 radical (unpaired) electrons. The minimum Gasteiger partial charge on any atom is -0.349 e. The topological polar surface area (TPSA) is 30.5 Å². The normalized spacial score (nSPS) is 24.9. The van der Waals surface area contributed by atoms with E-state index in [4.69, 9.17) is 9.47 Å². The summed E-state index contributed by atoms with van der Waals surface area (Å²) in [6.45, 7) is 3.56. The molecule has 2 aliphatic rings. The van der Waals surface area contributed by atoms with Gasteiger partial charge in [-0.25, -0.2) is 0 Å². The van der Waals surface area contributed by atoms with E-state index in [-0.39, 0.29) is 5.79 Å². The fourth-order valence-electron chi connectivity index (χ4n) is 2.61. The smallest absolute Gasteiger partial charge is 0.170 e. The fourth-order valence-corrected chi connectivity index (χ4v) is 2.61. The Hall–Kier alpha value is -0.900. The van der Waals surface area contributed by atoms with Gasteiger partial charge < -0.3 is 14.8 Å². The van der Waals surface area contributed by atoms with Gasteiger partial charge >= 0.3 is 0 Å². The van der Waals surface area contributed by atoms with Crippen molar-refractivity contribution in [2.45, 2.75) is 24.5 Å². The van der Waals surface area contributed by atoms with Crippen molar-refractivity contribution in [3.8, 4) is 0 Å². The van der Waals surface area contributed by atoms with Gasteiger partial charge in [0.15, 0.2) is 5.79 Å². The zero-order valence-corrected chi connectivity index (χ0v) is 10.0. The summed E-state index contributed by atoms with van der Waals surface area (Å²) in [6.07, 6.45) is 1.93. The molecule has 1 aromatic carbocycles. The minimum absolute atomic E-state index is 0.295. The van der Waals surface area contributed by atoms with Crippen LogP contribution in [0, 0.1) is 0 Å². The molecule has 3 heteroatoms. The Morgan fingerprint density at radius 3 is 2.29 bits per heavy atom. The Kier molecular flexibility index (Phi) is 3.14. The fraction of sp³-hybridized carbons (Fsp3) is 0.571. The maximum absolute atomic E-state index is 6.01. The maximum Gasteiger partial charge on any atom is 0.170 e. The molecule has 92 valence electrons. The molecule has 0 aromatic heterocycles. The number of nitrogens with one attached hydrogen (secondary N) is 1. The lowest BCUT2D eigenvalue weighted by atomic mass is 9.97. The van der Waals surface area contributed by atoms with Crippen molar-refractivity contribution in [3.05, 3.63) is 35.9 Å². The number of piperidine rings is 1. The van der Waals surface area contributed by atoms with Gasteiger partial charge in [0.1, 0.15) is 0 Å². The van der Waals surface area contributed by atoms with Gasteiger partial charge in [-0.05, 0) is 5.56 Å². The van der Waals surface area contributed by atoms with E-state index >= 15 is 0 Å². The Labute approximate surface area is 102 Å². The first-order chi connectivity index (χ1) is 8.38. The molecule has 0 aliphatic carbocycles. The maximum atomic E-state index is 6.01. The van der Waals surface area contributed by atoms with E-state index in [1.54, 1.807) is 0 Å². The summed E-state index contributed by atoms with van der Waals surface area (Å²) in [5.41, 5.74) is 1.32. The lowest BCUT2D eigenvalue weighted by Crippen LogP contribution is -2.50. The first-order valence-electron chi connectivity index (χ1n) is 6.42. The second-order valence-electron chi connectivity index (χ2n) is 4.89. The monoisotopic (exact) mass is 233 g/mol. The lowest BCUT2D eigenvalue weighted by molar-refractivity contribution is -0.282. The highest BCUT2D eigenvalue weighted by molar-refractivity contribution is 5.20. The van der Waals surface area contributed by atoms with Crippen molar-refractivity contribution in [2.24, 2.45) is 0 Å². The van der Waals surface area contributed by atoms with Gasteiger partial charge in [-0.1, -0.05) is 30.3 Å². The highest BCUT2D eigenvalue weighted by Crippen LogP contribution is 2.33. The predicted molar refractivity (Wildman–Crippen MR) is 65.9 cm³/mol. The Balaban J connectivity index is 1.64. The molecule has 1 N–H and O–H groups in total. The molecule has 0 atom stereocenters. The van der Waals surface area contributed by atoms with Crippen LogP contribution in [0.25, 0.3) is 0 Å². The molecule has 1 aromatic rings. The first-order valence-corrected chi connectivity index (χ1v) is 6.42. The zero-order valence-electron chi connectivity index (χ0n) is 10.0. The lowest BCUT2D eigenvalue weighted by Gasteiger charge is -2.42. The quantitative estimate of drug-likeness (QED) is 0.803. The summed E-state index contributed by atoms with van der Waals surface area (Å²) in [5.74, 6) is 0.0907. The van der Waals surface area contributed by atoms with Crippen molar-refractivity contribution in [1.29, 1.82) is 0 Å². The van der Waals surface area contributed by atoms with E-state index in [2.05, 4.69) is 29.6 Å². The van der Waals surface area contributed by atoms with Crippen molar-refractivity contribution >= 4 is 0 Å². The van der Waals surface area contributed by atoms with E-state index < -0.39 is 0 Å². The summed E-state index contributed by atoms with van der Waals surface area (Å²) in [5, 5.41) is 3.34. The molecule has 3 rings (SSSR count). The molecule has 1 spiro atoms. The zero-order chi connectivity index (χ0) is 11.6. The van der Waals surface area contributed by atoms with Crippen LogP contribution >= 0.6 is 0 Å². The summed E-state index contributed by atoms with van der Waals surface area (Å²) in [4.78, 5) is 0. The third-order valence-electron chi connectivity index (χ3n) is 3.73. The summed E-state index contributed by atoms with van der Waals surface area (Å²) >= 11 is 0. The molecule has 0 saturated carbocycles. The molecule has 2 fully saturated rings. The van der Waals surface area contributed by atoms with E-state index in [0.29, 0.717) is 5.92 Å². The second-order valence-corrected chi connectivity index (χ2v) is 4.89. The number of hydrogen-bond acceptors (Lipinski definition) is 3. The van der Waals surface area contributed by atoms with E-state index in [9.17, 15) is 0 Å². The van der Waals surface area contributed by atoms with Gasteiger partial charge in [-0.2, -0.15) is 0 Å². The molecule has 2 aliphatic heterocycles. The van der Waals surface area contributed by atoms with Gasteiger partial charge in [0, 0.05) is 31.8 Å². The summed E-state index contributed by atoms with van der Waals surface area (Å²) in [6, 6.07) is 10.5. The van der Waals surface area contributed by atoms with Crippen molar-refractivity contribution in [2.75, 3.05) is 26.3 Å². The Morgan fingerprint density at radius 1 is 1.00 bits per heavy atom. The van der Waals surface area contributed by atoms with Crippen LogP contribution in [0.1, 0.15) is 24.3 Å². The molecule has 0 unspecified atom stereocenters. The predicted octanol–water partition coefficient (Wildman–Crippen LogP) is 1.90. The Morgan fingerprint density at radius 2 is 1.65 bits per heavy atom. The number of benzene rings is 1. The van der Waals surface area contributed by atoms with Gasteiger partial charge in [0.2, 0.25) is 0 Å². The second kappa shape index (κ2) is 4.77. The van der Waals surface area contributed by atoms with Gasteiger partial charge in [-0.15, -0.1) is 0 Å². The highest BCUT2D eigenvalue weighted by Gasteiger charge is 2.38. The molecule has 0 bridgehead atoms. The van der Waals surface area contributed by atoms with Crippen LogP contribution in [0.15, 0.2) is 30.3 Å². The van der Waals surface area contributed by atoms with Crippen molar-refractivity contribution in [3.63, 3.8) is 0 Å². The molecule has 0 amide bonds. The molecular weight excluding hydrogens is 214 g/mol. The first kappa shape index (κ1) is 11.2. The van der Waals surface area contributed by atoms with Crippen molar-refractivity contribution in [1.82, 2.24) is 5.32 Å². The van der Waals surface area contributed by atoms with E-state index in [1.165, 1.54) is 5.56 Å². The van der Waals surface area contributed by atoms with Crippen molar-refractivity contribution < 1.29 is 9.47 Å². The van der Waals surface area contributed by atoms with Gasteiger partial charge in [0.05, 0.1) is 13.2 Å². The standard InChI is InChI=1S/C14H19NO2/c1-2-4-12(5-3-1)13-10-16-14(17-11-13)6-8-15-9-7-14/h1-5,13,15H,6-11H2. The van der Waals surface area contributed by atoms with E-state index in [1.807, 2.05) is 6.07 Å². The molecule has 3 nitrogen and oxygen atoms in total. The summed E-state index contributed by atoms with van der Waals surface area (Å²) in [7, 11) is 0. The van der Waals surface area contributed by atoms with Crippen LogP contribution in [-0.4, -0.2) is 32.1 Å². The average Bonchev–Trinajstić information content (AvgIpc) is 2.42. The summed E-state index contributed by atoms with van der Waals surface area (Å²) < 4.78 is 12.0. The molecule has 2 heterocycles. The van der Waals surface area contributed by atoms with Crippen LogP contribution in [-0.2, 0) is 9.47 Å². The number of hydrogen-bond donors (Lipinski definition) is 1. The van der Waals surface area contributed by atoms with Crippen LogP contribution in [0.4, 0.5) is 0 Å². The largest absolute Gasteiger partial charge is 0.349 e. The van der Waals surface area contributed by atoms with Crippen LogP contribution < -0.4 is 5.32 Å². The molecule has 2 saturated heterocycles. The number of rotatable bonds is 1. The van der Waals surface area contributed by atoms with Gasteiger partial charge in [-0.3, -0.25) is 0 Å². The van der Waals surface area contributed by atoms with Crippen LogP contribution in [0.5, 0.6) is 0 Å². The molecular formula is C14H19NO2.